The van der Waals surface area contributed by atoms with E-state index in [4.69, 9.17) is 0 Å². The molecule has 21 heavy (non-hydrogen) atoms. The maximum Gasteiger partial charge on any atom is 0.356 e. The van der Waals surface area contributed by atoms with Gasteiger partial charge in [-0.15, -0.1) is 0 Å². The molecule has 0 N–H and O–H groups in total. The summed E-state index contributed by atoms with van der Waals surface area (Å²) in [4.78, 5) is 29.5. The van der Waals surface area contributed by atoms with Crippen LogP contribution >= 0.6 is 0 Å². The highest BCUT2D eigenvalue weighted by atomic mass is 16.5. The quantitative estimate of drug-likeness (QED) is 0.796. The van der Waals surface area contributed by atoms with Gasteiger partial charge in [-0.25, -0.2) is 9.78 Å². The van der Waals surface area contributed by atoms with E-state index >= 15 is 0 Å². The number of methoxy groups -OCH3 is 1. The van der Waals surface area contributed by atoms with Crippen LogP contribution in [0, 0.1) is 5.92 Å². The molecular formula is C16H18N2O3. The van der Waals surface area contributed by atoms with E-state index < -0.39 is 5.97 Å². The van der Waals surface area contributed by atoms with Crippen LogP contribution in [0.25, 0.3) is 5.57 Å². The number of amides is 1. The van der Waals surface area contributed by atoms with Gasteiger partial charge in [-0.1, -0.05) is 6.08 Å². The monoisotopic (exact) mass is 286 g/mol. The summed E-state index contributed by atoms with van der Waals surface area (Å²) in [5.41, 5.74) is 2.44. The third-order valence-corrected chi connectivity index (χ3v) is 3.97. The van der Waals surface area contributed by atoms with Gasteiger partial charge < -0.3 is 9.64 Å². The molecule has 0 aromatic carbocycles. The number of pyridine rings is 1. The van der Waals surface area contributed by atoms with Crippen molar-refractivity contribution in [2.75, 3.05) is 20.2 Å². The maximum atomic E-state index is 12.0. The first-order valence-corrected chi connectivity index (χ1v) is 7.21. The third kappa shape index (κ3) is 2.96. The first-order chi connectivity index (χ1) is 10.2. The highest BCUT2D eigenvalue weighted by molar-refractivity contribution is 5.88. The minimum atomic E-state index is -0.432. The Morgan fingerprint density at radius 2 is 2.19 bits per heavy atom. The smallest absolute Gasteiger partial charge is 0.356 e. The Hall–Kier alpha value is -2.17. The van der Waals surface area contributed by atoms with E-state index in [0.29, 0.717) is 12.2 Å². The number of rotatable bonds is 3. The molecule has 3 rings (SSSR count). The fourth-order valence-corrected chi connectivity index (χ4v) is 2.57. The van der Waals surface area contributed by atoms with Crippen LogP contribution < -0.4 is 0 Å². The summed E-state index contributed by atoms with van der Waals surface area (Å²) in [5, 5.41) is 0. The molecule has 2 aliphatic rings. The highest BCUT2D eigenvalue weighted by Crippen LogP contribution is 2.32. The predicted octanol–water partition coefficient (Wildman–Crippen LogP) is 1.89. The lowest BCUT2D eigenvalue weighted by molar-refractivity contribution is -0.132. The zero-order valence-corrected chi connectivity index (χ0v) is 12.0. The van der Waals surface area contributed by atoms with Gasteiger partial charge in [0.1, 0.15) is 5.69 Å². The summed E-state index contributed by atoms with van der Waals surface area (Å²) in [6, 6.07) is 3.63. The molecule has 5 nitrogen and oxygen atoms in total. The minimum Gasteiger partial charge on any atom is -0.464 e. The number of esters is 1. The Morgan fingerprint density at radius 3 is 2.81 bits per heavy atom. The number of nitrogens with zero attached hydrogens (tertiary/aromatic N) is 2. The fourth-order valence-electron chi connectivity index (χ4n) is 2.57. The van der Waals surface area contributed by atoms with E-state index in [2.05, 4.69) is 15.8 Å². The zero-order valence-electron chi connectivity index (χ0n) is 12.0. The molecule has 5 heteroatoms. The van der Waals surface area contributed by atoms with Crippen LogP contribution in [0.1, 0.15) is 35.3 Å². The van der Waals surface area contributed by atoms with E-state index in [-0.39, 0.29) is 11.8 Å². The van der Waals surface area contributed by atoms with Crippen LogP contribution in [-0.4, -0.2) is 42.0 Å². The first-order valence-electron chi connectivity index (χ1n) is 7.21. The SMILES string of the molecule is COC(=O)c1cc(C2=CCN(C(=O)C3CC3)CC2)ccn1. The molecule has 110 valence electrons. The average molecular weight is 286 g/mol. The lowest BCUT2D eigenvalue weighted by atomic mass is 9.99. The van der Waals surface area contributed by atoms with Gasteiger partial charge in [0.2, 0.25) is 5.91 Å². The van der Waals surface area contributed by atoms with Gasteiger partial charge in [-0.05, 0) is 42.5 Å². The van der Waals surface area contributed by atoms with Crippen molar-refractivity contribution in [3.63, 3.8) is 0 Å². The van der Waals surface area contributed by atoms with E-state index in [1.807, 2.05) is 11.0 Å². The van der Waals surface area contributed by atoms with Gasteiger partial charge in [0.05, 0.1) is 7.11 Å². The summed E-state index contributed by atoms with van der Waals surface area (Å²) in [6.07, 6.45) is 6.57. The lowest BCUT2D eigenvalue weighted by Crippen LogP contribution is -2.35. The molecule has 1 aliphatic heterocycles. The molecule has 1 fully saturated rings. The second kappa shape index (κ2) is 5.68. The van der Waals surface area contributed by atoms with Gasteiger partial charge in [-0.2, -0.15) is 0 Å². The molecular weight excluding hydrogens is 268 g/mol. The molecule has 0 unspecified atom stereocenters. The summed E-state index contributed by atoms with van der Waals surface area (Å²) in [5.74, 6) is 0.126. The number of aromatic nitrogens is 1. The summed E-state index contributed by atoms with van der Waals surface area (Å²) in [6.45, 7) is 1.40. The van der Waals surface area contributed by atoms with Crippen LogP contribution in [0.5, 0.6) is 0 Å². The average Bonchev–Trinajstić information content (AvgIpc) is 3.38. The molecule has 0 atom stereocenters. The normalized spacial score (nSPS) is 18.1. The Morgan fingerprint density at radius 1 is 1.38 bits per heavy atom. The minimum absolute atomic E-state index is 0.270. The molecule has 1 aromatic heterocycles. The van der Waals surface area contributed by atoms with E-state index in [0.717, 1.165) is 36.9 Å². The molecule has 0 spiro atoms. The van der Waals surface area contributed by atoms with Crippen LogP contribution in [0.4, 0.5) is 0 Å². The van der Waals surface area contributed by atoms with Gasteiger partial charge in [0.25, 0.3) is 0 Å². The van der Waals surface area contributed by atoms with E-state index in [1.54, 1.807) is 12.3 Å². The van der Waals surface area contributed by atoms with Crippen molar-refractivity contribution < 1.29 is 14.3 Å². The summed E-state index contributed by atoms with van der Waals surface area (Å²) < 4.78 is 4.69. The zero-order chi connectivity index (χ0) is 14.8. The molecule has 1 aromatic rings. The van der Waals surface area contributed by atoms with Crippen LogP contribution in [0.2, 0.25) is 0 Å². The number of hydrogen-bond acceptors (Lipinski definition) is 4. The number of carbonyl (C=O) groups is 2. The van der Waals surface area contributed by atoms with Crippen molar-refractivity contribution >= 4 is 17.4 Å². The van der Waals surface area contributed by atoms with Crippen LogP contribution in [0.3, 0.4) is 0 Å². The predicted molar refractivity (Wildman–Crippen MR) is 77.5 cm³/mol. The number of ether oxygens (including phenoxy) is 1. The van der Waals surface area contributed by atoms with Gasteiger partial charge in [0, 0.05) is 25.2 Å². The molecule has 1 amide bonds. The number of hydrogen-bond donors (Lipinski definition) is 0. The second-order valence-electron chi connectivity index (χ2n) is 5.46. The Labute approximate surface area is 123 Å². The van der Waals surface area contributed by atoms with Crippen molar-refractivity contribution in [2.24, 2.45) is 5.92 Å². The van der Waals surface area contributed by atoms with E-state index in [9.17, 15) is 9.59 Å². The molecule has 0 radical (unpaired) electrons. The standard InChI is InChI=1S/C16H18N2O3/c1-21-16(20)14-10-13(4-7-17-14)11-5-8-18(9-6-11)15(19)12-2-3-12/h4-5,7,10,12H,2-3,6,8-9H2,1H3. The molecule has 0 saturated heterocycles. The Balaban J connectivity index is 1.73. The molecule has 1 aliphatic carbocycles. The van der Waals surface area contributed by atoms with Crippen molar-refractivity contribution in [3.05, 3.63) is 35.7 Å². The molecule has 1 saturated carbocycles. The second-order valence-corrected chi connectivity index (χ2v) is 5.46. The van der Waals surface area contributed by atoms with Crippen molar-refractivity contribution in [2.45, 2.75) is 19.3 Å². The van der Waals surface area contributed by atoms with Gasteiger partial charge in [0.15, 0.2) is 0 Å². The fraction of sp³-hybridized carbons (Fsp3) is 0.438. The van der Waals surface area contributed by atoms with Crippen molar-refractivity contribution in [3.8, 4) is 0 Å². The molecule has 0 bridgehead atoms. The van der Waals surface area contributed by atoms with Gasteiger partial charge >= 0.3 is 5.97 Å². The molecule has 2 heterocycles. The topological polar surface area (TPSA) is 59.5 Å². The van der Waals surface area contributed by atoms with Gasteiger partial charge in [-0.3, -0.25) is 4.79 Å². The van der Waals surface area contributed by atoms with Crippen molar-refractivity contribution in [1.29, 1.82) is 0 Å². The van der Waals surface area contributed by atoms with E-state index in [1.165, 1.54) is 7.11 Å². The van der Waals surface area contributed by atoms with Crippen LogP contribution in [-0.2, 0) is 9.53 Å². The third-order valence-electron chi connectivity index (χ3n) is 3.97. The highest BCUT2D eigenvalue weighted by Gasteiger charge is 2.33. The lowest BCUT2D eigenvalue weighted by Gasteiger charge is -2.26. The van der Waals surface area contributed by atoms with Crippen LogP contribution in [0.15, 0.2) is 24.4 Å². The Bertz CT molecular complexity index is 605. The first kappa shape index (κ1) is 13.8. The number of carbonyl (C=O) groups excluding carboxylic acids is 2. The van der Waals surface area contributed by atoms with Crippen molar-refractivity contribution in [1.82, 2.24) is 9.88 Å². The maximum absolute atomic E-state index is 12.0. The Kier molecular flexibility index (Phi) is 3.73. The summed E-state index contributed by atoms with van der Waals surface area (Å²) >= 11 is 0. The summed E-state index contributed by atoms with van der Waals surface area (Å²) in [7, 11) is 1.35. The largest absolute Gasteiger partial charge is 0.464 e.